The first-order valence-electron chi connectivity index (χ1n) is 5.93. The molecule has 2 aromatic rings. The molecule has 3 nitrogen and oxygen atoms in total. The number of carbonyl (C=O) groups is 1. The molecular weight excluding hydrogens is 262 g/mol. The van der Waals surface area contributed by atoms with Crippen LogP contribution in [0, 0.1) is 0 Å². The van der Waals surface area contributed by atoms with Gasteiger partial charge in [0.05, 0.1) is 6.10 Å². The molecule has 0 aliphatic carbocycles. The number of hydrogen-bond acceptors (Lipinski definition) is 2. The van der Waals surface area contributed by atoms with E-state index in [0.717, 1.165) is 5.56 Å². The number of rotatable bonds is 4. The van der Waals surface area contributed by atoms with E-state index in [1.54, 1.807) is 24.3 Å². The number of halogens is 1. The lowest BCUT2D eigenvalue weighted by Crippen LogP contribution is -2.28. The minimum Gasteiger partial charge on any atom is -0.387 e. The van der Waals surface area contributed by atoms with Crippen LogP contribution in [0.25, 0.3) is 0 Å². The van der Waals surface area contributed by atoms with Gasteiger partial charge in [0.15, 0.2) is 0 Å². The number of carbonyl (C=O) groups excluding carboxylic acids is 1. The summed E-state index contributed by atoms with van der Waals surface area (Å²) in [5, 5.41) is 13.1. The second-order valence-corrected chi connectivity index (χ2v) is 4.58. The van der Waals surface area contributed by atoms with Crippen LogP contribution < -0.4 is 5.32 Å². The van der Waals surface area contributed by atoms with Gasteiger partial charge in [0.1, 0.15) is 0 Å². The Bertz CT molecular complexity index is 557. The lowest BCUT2D eigenvalue weighted by molar-refractivity contribution is 0.0916. The van der Waals surface area contributed by atoms with E-state index >= 15 is 0 Å². The van der Waals surface area contributed by atoms with E-state index in [1.165, 1.54) is 0 Å². The zero-order valence-corrected chi connectivity index (χ0v) is 11.0. The summed E-state index contributed by atoms with van der Waals surface area (Å²) in [6, 6.07) is 15.9. The molecule has 0 unspecified atom stereocenters. The van der Waals surface area contributed by atoms with Crippen molar-refractivity contribution >= 4 is 17.5 Å². The predicted octanol–water partition coefficient (Wildman–Crippen LogP) is 2.80. The Labute approximate surface area is 116 Å². The maximum Gasteiger partial charge on any atom is 0.251 e. The molecule has 4 heteroatoms. The maximum absolute atomic E-state index is 11.9. The standard InChI is InChI=1S/C15H14ClNO2/c16-13-8-4-7-12(9-13)15(19)17-10-14(18)11-5-2-1-3-6-11/h1-9,14,18H,10H2,(H,17,19)/t14-/m0/s1. The zero-order valence-electron chi connectivity index (χ0n) is 10.2. The molecule has 0 heterocycles. The van der Waals surface area contributed by atoms with Gasteiger partial charge in [0, 0.05) is 17.1 Å². The van der Waals surface area contributed by atoms with Gasteiger partial charge in [-0.2, -0.15) is 0 Å². The molecule has 0 spiro atoms. The van der Waals surface area contributed by atoms with Gasteiger partial charge in [-0.1, -0.05) is 48.0 Å². The van der Waals surface area contributed by atoms with Gasteiger partial charge in [0.25, 0.3) is 5.91 Å². The SMILES string of the molecule is O=C(NC[C@H](O)c1ccccc1)c1cccc(Cl)c1. The van der Waals surface area contributed by atoms with Crippen LogP contribution >= 0.6 is 11.6 Å². The van der Waals surface area contributed by atoms with Crippen molar-refractivity contribution in [2.24, 2.45) is 0 Å². The summed E-state index contributed by atoms with van der Waals surface area (Å²) in [6.07, 6.45) is -0.718. The molecule has 0 aliphatic rings. The smallest absolute Gasteiger partial charge is 0.251 e. The van der Waals surface area contributed by atoms with Crippen LogP contribution in [-0.2, 0) is 0 Å². The molecule has 98 valence electrons. The Morgan fingerprint density at radius 1 is 1.16 bits per heavy atom. The van der Waals surface area contributed by atoms with Crippen molar-refractivity contribution in [1.29, 1.82) is 0 Å². The normalized spacial score (nSPS) is 11.9. The van der Waals surface area contributed by atoms with Gasteiger partial charge in [0.2, 0.25) is 0 Å². The Hall–Kier alpha value is -1.84. The van der Waals surface area contributed by atoms with E-state index in [2.05, 4.69) is 5.32 Å². The molecule has 0 aromatic heterocycles. The minimum absolute atomic E-state index is 0.162. The van der Waals surface area contributed by atoms with Gasteiger partial charge in [-0.25, -0.2) is 0 Å². The summed E-state index contributed by atoms with van der Waals surface area (Å²) in [5.41, 5.74) is 1.25. The first-order chi connectivity index (χ1) is 9.16. The van der Waals surface area contributed by atoms with Crippen molar-refractivity contribution in [2.45, 2.75) is 6.10 Å². The van der Waals surface area contributed by atoms with Crippen LogP contribution in [0.4, 0.5) is 0 Å². The summed E-state index contributed by atoms with van der Waals surface area (Å²) in [4.78, 5) is 11.9. The number of benzene rings is 2. The topological polar surface area (TPSA) is 49.3 Å². The van der Waals surface area contributed by atoms with E-state index in [9.17, 15) is 9.90 Å². The number of hydrogen-bond donors (Lipinski definition) is 2. The highest BCUT2D eigenvalue weighted by atomic mass is 35.5. The van der Waals surface area contributed by atoms with E-state index in [4.69, 9.17) is 11.6 Å². The summed E-state index contributed by atoms with van der Waals surface area (Å²) in [5.74, 6) is -0.252. The molecule has 0 bridgehead atoms. The molecule has 19 heavy (non-hydrogen) atoms. The molecule has 2 aromatic carbocycles. The fraction of sp³-hybridized carbons (Fsp3) is 0.133. The summed E-state index contributed by atoms with van der Waals surface area (Å²) in [6.45, 7) is 0.162. The van der Waals surface area contributed by atoms with Gasteiger partial charge in [-0.05, 0) is 23.8 Å². The number of aliphatic hydroxyl groups is 1. The number of aliphatic hydroxyl groups excluding tert-OH is 1. The van der Waals surface area contributed by atoms with E-state index in [0.29, 0.717) is 10.6 Å². The highest BCUT2D eigenvalue weighted by molar-refractivity contribution is 6.30. The first-order valence-corrected chi connectivity index (χ1v) is 6.31. The van der Waals surface area contributed by atoms with E-state index < -0.39 is 6.10 Å². The third-order valence-electron chi connectivity index (χ3n) is 2.73. The van der Waals surface area contributed by atoms with Gasteiger partial charge < -0.3 is 10.4 Å². The molecule has 0 fully saturated rings. The average molecular weight is 276 g/mol. The van der Waals surface area contributed by atoms with Crippen LogP contribution in [-0.4, -0.2) is 17.6 Å². The second kappa shape index (κ2) is 6.36. The van der Waals surface area contributed by atoms with Crippen molar-refractivity contribution in [3.8, 4) is 0 Å². The largest absolute Gasteiger partial charge is 0.387 e. The zero-order chi connectivity index (χ0) is 13.7. The molecule has 2 rings (SSSR count). The molecule has 0 radical (unpaired) electrons. The Morgan fingerprint density at radius 3 is 2.58 bits per heavy atom. The third-order valence-corrected chi connectivity index (χ3v) is 2.96. The third kappa shape index (κ3) is 3.81. The van der Waals surface area contributed by atoms with Crippen molar-refractivity contribution in [3.63, 3.8) is 0 Å². The lowest BCUT2D eigenvalue weighted by atomic mass is 10.1. The summed E-state index contributed by atoms with van der Waals surface area (Å²) >= 11 is 5.82. The van der Waals surface area contributed by atoms with Crippen molar-refractivity contribution in [2.75, 3.05) is 6.54 Å². The molecule has 1 atom stereocenters. The van der Waals surface area contributed by atoms with Gasteiger partial charge >= 0.3 is 0 Å². The summed E-state index contributed by atoms with van der Waals surface area (Å²) in [7, 11) is 0. The van der Waals surface area contributed by atoms with Crippen LogP contribution in [0.1, 0.15) is 22.0 Å². The maximum atomic E-state index is 11.9. The van der Waals surface area contributed by atoms with Crippen LogP contribution in [0.5, 0.6) is 0 Å². The Balaban J connectivity index is 1.94. The van der Waals surface area contributed by atoms with Gasteiger partial charge in [-0.15, -0.1) is 0 Å². The van der Waals surface area contributed by atoms with E-state index in [1.807, 2.05) is 30.3 Å². The molecule has 0 aliphatic heterocycles. The molecule has 0 saturated carbocycles. The average Bonchev–Trinajstić information content (AvgIpc) is 2.45. The fourth-order valence-corrected chi connectivity index (χ4v) is 1.90. The van der Waals surface area contributed by atoms with Crippen LogP contribution in [0.3, 0.4) is 0 Å². The molecule has 0 saturated heterocycles. The van der Waals surface area contributed by atoms with Crippen molar-refractivity contribution in [3.05, 3.63) is 70.7 Å². The molecule has 2 N–H and O–H groups in total. The highest BCUT2D eigenvalue weighted by Crippen LogP contribution is 2.12. The number of nitrogens with one attached hydrogen (secondary N) is 1. The predicted molar refractivity (Wildman–Crippen MR) is 75.2 cm³/mol. The van der Waals surface area contributed by atoms with Crippen molar-refractivity contribution < 1.29 is 9.90 Å². The Kier molecular flexibility index (Phi) is 4.55. The van der Waals surface area contributed by atoms with E-state index in [-0.39, 0.29) is 12.5 Å². The molecular formula is C15H14ClNO2. The monoisotopic (exact) mass is 275 g/mol. The molecule has 1 amide bonds. The minimum atomic E-state index is -0.718. The van der Waals surface area contributed by atoms with Crippen molar-refractivity contribution in [1.82, 2.24) is 5.32 Å². The van der Waals surface area contributed by atoms with Crippen LogP contribution in [0.2, 0.25) is 5.02 Å². The quantitative estimate of drug-likeness (QED) is 0.901. The lowest BCUT2D eigenvalue weighted by Gasteiger charge is -2.12. The number of amides is 1. The fourth-order valence-electron chi connectivity index (χ4n) is 1.71. The second-order valence-electron chi connectivity index (χ2n) is 4.15. The summed E-state index contributed by atoms with van der Waals surface area (Å²) < 4.78 is 0. The Morgan fingerprint density at radius 2 is 1.89 bits per heavy atom. The van der Waals surface area contributed by atoms with Gasteiger partial charge in [-0.3, -0.25) is 4.79 Å². The van der Waals surface area contributed by atoms with Crippen LogP contribution in [0.15, 0.2) is 54.6 Å². The first kappa shape index (κ1) is 13.6. The highest BCUT2D eigenvalue weighted by Gasteiger charge is 2.10.